The minimum atomic E-state index is -0.368. The Hall–Kier alpha value is -1.02. The zero-order chi connectivity index (χ0) is 9.68. The molecule has 0 saturated carbocycles. The summed E-state index contributed by atoms with van der Waals surface area (Å²) in [6.07, 6.45) is 1.44. The molecule has 2 nitrogen and oxygen atoms in total. The zero-order valence-electron chi connectivity index (χ0n) is 8.27. The van der Waals surface area contributed by atoms with Gasteiger partial charge in [-0.15, -0.1) is 0 Å². The van der Waals surface area contributed by atoms with Gasteiger partial charge in [0.1, 0.15) is 6.23 Å². The van der Waals surface area contributed by atoms with Crippen LogP contribution in [-0.2, 0) is 0 Å². The van der Waals surface area contributed by atoms with Crippen LogP contribution in [0.5, 0.6) is 0 Å². The largest absolute Gasteiger partial charge is 0.374 e. The van der Waals surface area contributed by atoms with E-state index in [4.69, 9.17) is 0 Å². The monoisotopic (exact) mass is 179 g/mol. The molecular weight excluding hydrogens is 162 g/mol. The highest BCUT2D eigenvalue weighted by Crippen LogP contribution is 2.14. The number of benzene rings is 1. The maximum Gasteiger partial charge on any atom is 0.126 e. The second-order valence-electron chi connectivity index (χ2n) is 3.22. The molecule has 0 saturated heterocycles. The standard InChI is InChI=1S/C11H17NO/c1-3-7-11(13)12(2)10-8-5-4-6-9-10/h4-6,8-9,11,13H,3,7H2,1-2H3. The predicted octanol–water partition coefficient (Wildman–Crippen LogP) is 2.24. The minimum absolute atomic E-state index is 0.368. The van der Waals surface area contributed by atoms with Gasteiger partial charge in [0.15, 0.2) is 0 Å². The molecule has 1 aromatic rings. The number of nitrogens with zero attached hydrogens (tertiary/aromatic N) is 1. The number of aliphatic hydroxyl groups excluding tert-OH is 1. The fourth-order valence-corrected chi connectivity index (χ4v) is 1.29. The zero-order valence-corrected chi connectivity index (χ0v) is 8.27. The predicted molar refractivity (Wildman–Crippen MR) is 55.8 cm³/mol. The normalized spacial score (nSPS) is 12.5. The third-order valence-corrected chi connectivity index (χ3v) is 2.16. The average Bonchev–Trinajstić information content (AvgIpc) is 2.18. The fraction of sp³-hybridized carbons (Fsp3) is 0.455. The topological polar surface area (TPSA) is 23.5 Å². The molecule has 1 rings (SSSR count). The van der Waals surface area contributed by atoms with Gasteiger partial charge in [-0.2, -0.15) is 0 Å². The van der Waals surface area contributed by atoms with Gasteiger partial charge >= 0.3 is 0 Å². The minimum Gasteiger partial charge on any atom is -0.374 e. The molecule has 2 heteroatoms. The molecule has 0 aromatic heterocycles. The molecule has 72 valence electrons. The lowest BCUT2D eigenvalue weighted by Crippen LogP contribution is -2.30. The first kappa shape index (κ1) is 10.1. The van der Waals surface area contributed by atoms with E-state index in [1.165, 1.54) is 0 Å². The number of para-hydroxylation sites is 1. The van der Waals surface area contributed by atoms with Gasteiger partial charge in [-0.1, -0.05) is 31.5 Å². The van der Waals surface area contributed by atoms with Crippen molar-refractivity contribution in [2.75, 3.05) is 11.9 Å². The molecule has 1 unspecified atom stereocenters. The van der Waals surface area contributed by atoms with Crippen LogP contribution < -0.4 is 4.90 Å². The summed E-state index contributed by atoms with van der Waals surface area (Å²) in [7, 11) is 1.91. The molecule has 13 heavy (non-hydrogen) atoms. The second kappa shape index (κ2) is 4.87. The summed E-state index contributed by atoms with van der Waals surface area (Å²) >= 11 is 0. The Kier molecular flexibility index (Phi) is 3.77. The van der Waals surface area contributed by atoms with E-state index in [9.17, 15) is 5.11 Å². The van der Waals surface area contributed by atoms with E-state index in [1.807, 2.05) is 42.3 Å². The molecular formula is C11H17NO. The summed E-state index contributed by atoms with van der Waals surface area (Å²) in [4.78, 5) is 1.89. The van der Waals surface area contributed by atoms with Crippen molar-refractivity contribution >= 4 is 5.69 Å². The second-order valence-corrected chi connectivity index (χ2v) is 3.22. The maximum absolute atomic E-state index is 9.70. The van der Waals surface area contributed by atoms with E-state index >= 15 is 0 Å². The van der Waals surface area contributed by atoms with Crippen LogP contribution in [0.3, 0.4) is 0 Å². The van der Waals surface area contributed by atoms with Gasteiger partial charge < -0.3 is 10.0 Å². The van der Waals surface area contributed by atoms with Crippen LogP contribution in [0.25, 0.3) is 0 Å². The quantitative estimate of drug-likeness (QED) is 0.716. The summed E-state index contributed by atoms with van der Waals surface area (Å²) in [6, 6.07) is 9.93. The molecule has 1 aromatic carbocycles. The van der Waals surface area contributed by atoms with Crippen LogP contribution in [0, 0.1) is 0 Å². The first-order chi connectivity index (χ1) is 6.25. The van der Waals surface area contributed by atoms with Crippen molar-refractivity contribution < 1.29 is 5.11 Å². The Morgan fingerprint density at radius 3 is 2.46 bits per heavy atom. The SMILES string of the molecule is CCCC(O)N(C)c1ccccc1. The molecule has 0 aliphatic heterocycles. The molecule has 0 aliphatic carbocycles. The van der Waals surface area contributed by atoms with Crippen molar-refractivity contribution in [1.82, 2.24) is 0 Å². The van der Waals surface area contributed by atoms with Crippen molar-refractivity contribution in [3.63, 3.8) is 0 Å². The number of anilines is 1. The summed E-state index contributed by atoms with van der Waals surface area (Å²) in [5.41, 5.74) is 1.06. The van der Waals surface area contributed by atoms with E-state index in [0.29, 0.717) is 0 Å². The Bertz CT molecular complexity index is 235. The Morgan fingerprint density at radius 1 is 1.31 bits per heavy atom. The molecule has 0 heterocycles. The molecule has 1 N–H and O–H groups in total. The van der Waals surface area contributed by atoms with Gasteiger partial charge in [0.25, 0.3) is 0 Å². The summed E-state index contributed by atoms with van der Waals surface area (Å²) in [5.74, 6) is 0. The first-order valence-electron chi connectivity index (χ1n) is 4.71. The number of rotatable bonds is 4. The first-order valence-corrected chi connectivity index (χ1v) is 4.71. The molecule has 1 atom stereocenters. The van der Waals surface area contributed by atoms with Crippen molar-refractivity contribution in [3.05, 3.63) is 30.3 Å². The van der Waals surface area contributed by atoms with E-state index in [1.54, 1.807) is 0 Å². The van der Waals surface area contributed by atoms with Gasteiger partial charge in [0, 0.05) is 12.7 Å². The molecule has 0 radical (unpaired) electrons. The fourth-order valence-electron chi connectivity index (χ4n) is 1.29. The summed E-state index contributed by atoms with van der Waals surface area (Å²) in [5, 5.41) is 9.70. The van der Waals surface area contributed by atoms with E-state index in [-0.39, 0.29) is 6.23 Å². The average molecular weight is 179 g/mol. The number of hydrogen-bond donors (Lipinski definition) is 1. The summed E-state index contributed by atoms with van der Waals surface area (Å²) in [6.45, 7) is 2.07. The molecule has 0 spiro atoms. The van der Waals surface area contributed by atoms with Gasteiger partial charge in [0.05, 0.1) is 0 Å². The number of aliphatic hydroxyl groups is 1. The highest BCUT2D eigenvalue weighted by atomic mass is 16.3. The van der Waals surface area contributed by atoms with Gasteiger partial charge in [-0.3, -0.25) is 0 Å². The van der Waals surface area contributed by atoms with Crippen molar-refractivity contribution in [2.24, 2.45) is 0 Å². The van der Waals surface area contributed by atoms with E-state index in [0.717, 1.165) is 18.5 Å². The molecule has 0 fully saturated rings. The third kappa shape index (κ3) is 2.74. The number of hydrogen-bond acceptors (Lipinski definition) is 2. The lowest BCUT2D eigenvalue weighted by molar-refractivity contribution is 0.164. The lowest BCUT2D eigenvalue weighted by Gasteiger charge is -2.25. The smallest absolute Gasteiger partial charge is 0.126 e. The van der Waals surface area contributed by atoms with Crippen LogP contribution >= 0.6 is 0 Å². The van der Waals surface area contributed by atoms with Gasteiger partial charge in [-0.25, -0.2) is 0 Å². The lowest BCUT2D eigenvalue weighted by atomic mass is 10.2. The molecule has 0 bridgehead atoms. The van der Waals surface area contributed by atoms with Crippen LogP contribution in [0.4, 0.5) is 5.69 Å². The highest BCUT2D eigenvalue weighted by Gasteiger charge is 2.09. The Balaban J connectivity index is 2.62. The highest BCUT2D eigenvalue weighted by molar-refractivity contribution is 5.45. The Labute approximate surface area is 79.8 Å². The van der Waals surface area contributed by atoms with Crippen LogP contribution in [-0.4, -0.2) is 18.4 Å². The Morgan fingerprint density at radius 2 is 1.92 bits per heavy atom. The van der Waals surface area contributed by atoms with Crippen LogP contribution in [0.15, 0.2) is 30.3 Å². The molecule has 0 amide bonds. The third-order valence-electron chi connectivity index (χ3n) is 2.16. The van der Waals surface area contributed by atoms with E-state index < -0.39 is 0 Å². The van der Waals surface area contributed by atoms with Gasteiger partial charge in [0.2, 0.25) is 0 Å². The van der Waals surface area contributed by atoms with Crippen molar-refractivity contribution in [2.45, 2.75) is 26.0 Å². The van der Waals surface area contributed by atoms with Crippen molar-refractivity contribution in [3.8, 4) is 0 Å². The maximum atomic E-state index is 9.70. The van der Waals surface area contributed by atoms with E-state index in [2.05, 4.69) is 6.92 Å². The van der Waals surface area contributed by atoms with Crippen LogP contribution in [0.1, 0.15) is 19.8 Å². The summed E-state index contributed by atoms with van der Waals surface area (Å²) < 4.78 is 0. The van der Waals surface area contributed by atoms with Gasteiger partial charge in [-0.05, 0) is 18.6 Å². The molecule has 0 aliphatic rings. The van der Waals surface area contributed by atoms with Crippen molar-refractivity contribution in [1.29, 1.82) is 0 Å². The van der Waals surface area contributed by atoms with Crippen LogP contribution in [0.2, 0.25) is 0 Å².